The van der Waals surface area contributed by atoms with E-state index in [1.165, 1.54) is 29.6 Å². The summed E-state index contributed by atoms with van der Waals surface area (Å²) in [4.78, 5) is 83.4. The number of anilines is 3. The van der Waals surface area contributed by atoms with Crippen LogP contribution >= 0.6 is 0 Å². The molecule has 8 rings (SSSR count). The van der Waals surface area contributed by atoms with Crippen molar-refractivity contribution in [2.45, 2.75) is 99.9 Å². The summed E-state index contributed by atoms with van der Waals surface area (Å²) in [5, 5.41) is 9.53. The van der Waals surface area contributed by atoms with Gasteiger partial charge in [-0.2, -0.15) is 5.06 Å². The largest absolute Gasteiger partial charge is 0.369 e. The van der Waals surface area contributed by atoms with Crippen molar-refractivity contribution in [2.24, 2.45) is 5.92 Å². The summed E-state index contributed by atoms with van der Waals surface area (Å²) in [6.45, 7) is 0.213. The number of hydrogen-bond donors (Lipinski definition) is 4. The maximum atomic E-state index is 14.6. The Bertz CT molecular complexity index is 2270. The zero-order chi connectivity index (χ0) is 39.9. The lowest BCUT2D eigenvalue weighted by molar-refractivity contribution is -0.239. The molecule has 2 saturated carbocycles. The van der Waals surface area contributed by atoms with E-state index in [4.69, 9.17) is 9.57 Å². The summed E-state index contributed by atoms with van der Waals surface area (Å²) in [5.41, 5.74) is -2.00. The number of sulfonamides is 1. The van der Waals surface area contributed by atoms with Crippen LogP contribution in [0, 0.1) is 11.7 Å². The first-order valence-electron chi connectivity index (χ1n) is 19.2. The predicted molar refractivity (Wildman–Crippen MR) is 202 cm³/mol. The van der Waals surface area contributed by atoms with E-state index in [2.05, 4.69) is 30.6 Å². The van der Waals surface area contributed by atoms with Gasteiger partial charge in [0, 0.05) is 36.8 Å². The molecule has 0 bridgehead atoms. The number of amides is 3. The molecule has 4 heterocycles. The predicted octanol–water partition coefficient (Wildman–Crippen LogP) is 1.63. The molecule has 302 valence electrons. The summed E-state index contributed by atoms with van der Waals surface area (Å²) >= 11 is 0. The fourth-order valence-corrected chi connectivity index (χ4v) is 9.20. The molecule has 3 amide bonds. The maximum Gasteiger partial charge on any atom is 0.259 e. The Labute approximate surface area is 327 Å². The number of carbonyl (C=O) groups excluding carboxylic acids is 3. The third-order valence-corrected chi connectivity index (χ3v) is 13.1. The summed E-state index contributed by atoms with van der Waals surface area (Å²) in [5.74, 6) is -2.63. The van der Waals surface area contributed by atoms with Crippen LogP contribution in [-0.4, -0.2) is 88.4 Å². The van der Waals surface area contributed by atoms with E-state index in [1.807, 2.05) is 18.2 Å². The Morgan fingerprint density at radius 1 is 1.04 bits per heavy atom. The van der Waals surface area contributed by atoms with Gasteiger partial charge in [-0.25, -0.2) is 17.8 Å². The lowest BCUT2D eigenvalue weighted by Gasteiger charge is -2.30. The number of rotatable bonds is 11. The SMILES string of the molecule is O=C1N[C@]2(C(=O)NS(=O)(=O)C3CC3)C[C@H]2/C=C\CCCCC[C@H](Nc2c(Nc3cnccn3)c(=O)c2=O)C(=O)N2C[C@H](OCON3Cc4cccc(F)c4C3)C[C@@H]12. The van der Waals surface area contributed by atoms with Crippen LogP contribution < -0.4 is 31.5 Å². The van der Waals surface area contributed by atoms with Crippen LogP contribution in [0.15, 0.2) is 58.5 Å². The normalized spacial score (nSPS) is 27.4. The van der Waals surface area contributed by atoms with Crippen molar-refractivity contribution in [3.63, 3.8) is 0 Å². The summed E-state index contributed by atoms with van der Waals surface area (Å²) < 4.78 is 48.2. The lowest BCUT2D eigenvalue weighted by atomic mass is 10.0. The molecule has 57 heavy (non-hydrogen) atoms. The number of nitrogens with one attached hydrogen (secondary N) is 4. The second kappa shape index (κ2) is 15.7. The standard InChI is InChI=1S/C38H43FN8O9S/c39-27-9-6-7-22-18-46(20-26(22)27)56-21-55-24-15-29-35(50)44-38(37(52)45-57(53,54)25-11-12-25)16-23(38)8-4-2-1-3-5-10-28(36(51)47(29)19-24)42-31-32(34(49)33(31)48)43-30-17-40-13-14-41-30/h4,6-9,13-14,17,23-25,28-29,42H,1-3,5,10-12,15-16,18-21H2,(H,41,43)(H,44,50)(H,45,52)/b8-4-/t23-,24-,28+,29+,38-/m1/s1. The monoisotopic (exact) mass is 806 g/mol. The maximum absolute atomic E-state index is 14.6. The number of hydroxylamine groups is 2. The molecule has 1 aromatic heterocycles. The van der Waals surface area contributed by atoms with E-state index in [-0.39, 0.29) is 62.2 Å². The molecule has 2 aromatic carbocycles. The van der Waals surface area contributed by atoms with Crippen molar-refractivity contribution >= 4 is 44.9 Å². The zero-order valence-corrected chi connectivity index (χ0v) is 31.8. The third kappa shape index (κ3) is 8.05. The molecule has 1 saturated heterocycles. The average Bonchev–Trinajstić information content (AvgIpc) is 4.09. The molecule has 2 aliphatic carbocycles. The van der Waals surface area contributed by atoms with E-state index in [0.717, 1.165) is 12.0 Å². The van der Waals surface area contributed by atoms with Gasteiger partial charge >= 0.3 is 0 Å². The minimum Gasteiger partial charge on any atom is -0.369 e. The quantitative estimate of drug-likeness (QED) is 0.123. The van der Waals surface area contributed by atoms with Gasteiger partial charge in [0.15, 0.2) is 6.79 Å². The Kier molecular flexibility index (Phi) is 10.7. The van der Waals surface area contributed by atoms with Crippen LogP contribution in [0.5, 0.6) is 0 Å². The molecular formula is C38H43FN8O9S. The number of allylic oxidation sites excluding steroid dienone is 1. The van der Waals surface area contributed by atoms with Gasteiger partial charge in [-0.1, -0.05) is 37.1 Å². The smallest absolute Gasteiger partial charge is 0.259 e. The van der Waals surface area contributed by atoms with E-state index < -0.39 is 73.5 Å². The summed E-state index contributed by atoms with van der Waals surface area (Å²) in [6.07, 6.45) is 11.2. The van der Waals surface area contributed by atoms with Crippen molar-refractivity contribution in [3.8, 4) is 0 Å². The van der Waals surface area contributed by atoms with Gasteiger partial charge in [-0.15, -0.1) is 0 Å². The molecule has 0 unspecified atom stereocenters. The minimum absolute atomic E-state index is 0.000674. The highest BCUT2D eigenvalue weighted by Crippen LogP contribution is 2.46. The number of fused-ring (bicyclic) bond motifs is 3. The lowest BCUT2D eigenvalue weighted by Crippen LogP contribution is -2.57. The fraction of sp³-hybridized carbons (Fsp3) is 0.500. The van der Waals surface area contributed by atoms with Crippen molar-refractivity contribution in [2.75, 3.05) is 24.0 Å². The van der Waals surface area contributed by atoms with Crippen LogP contribution in [0.3, 0.4) is 0 Å². The number of nitrogens with zero attached hydrogens (tertiary/aromatic N) is 4. The molecule has 3 fully saturated rings. The highest BCUT2D eigenvalue weighted by Gasteiger charge is 2.62. The molecule has 19 heteroatoms. The first kappa shape index (κ1) is 38.7. The molecule has 17 nitrogen and oxygen atoms in total. The molecule has 0 radical (unpaired) electrons. The van der Waals surface area contributed by atoms with Gasteiger partial charge in [0.05, 0.1) is 30.6 Å². The number of benzene rings is 1. The Morgan fingerprint density at radius 3 is 2.63 bits per heavy atom. The van der Waals surface area contributed by atoms with Gasteiger partial charge in [0.2, 0.25) is 21.8 Å². The van der Waals surface area contributed by atoms with Gasteiger partial charge in [0.1, 0.15) is 40.6 Å². The van der Waals surface area contributed by atoms with Crippen LogP contribution in [0.4, 0.5) is 21.6 Å². The fourth-order valence-electron chi connectivity index (χ4n) is 7.84. The highest BCUT2D eigenvalue weighted by molar-refractivity contribution is 7.91. The van der Waals surface area contributed by atoms with Crippen molar-refractivity contribution in [1.82, 2.24) is 30.0 Å². The van der Waals surface area contributed by atoms with Crippen molar-refractivity contribution in [1.29, 1.82) is 0 Å². The van der Waals surface area contributed by atoms with E-state index in [9.17, 15) is 36.8 Å². The topological polar surface area (TPSA) is 218 Å². The Balaban J connectivity index is 1.04. The third-order valence-electron chi connectivity index (χ3n) is 11.3. The average molecular weight is 807 g/mol. The molecule has 5 atom stereocenters. The Morgan fingerprint density at radius 2 is 1.86 bits per heavy atom. The first-order valence-corrected chi connectivity index (χ1v) is 20.7. The van der Waals surface area contributed by atoms with Gasteiger partial charge in [-0.3, -0.25) is 38.5 Å². The molecule has 3 aliphatic heterocycles. The van der Waals surface area contributed by atoms with E-state index in [0.29, 0.717) is 44.2 Å². The minimum atomic E-state index is -3.93. The van der Waals surface area contributed by atoms with Gasteiger partial charge < -0.3 is 25.6 Å². The molecular weight excluding hydrogens is 764 g/mol. The number of aromatic nitrogens is 2. The van der Waals surface area contributed by atoms with Crippen molar-refractivity contribution in [3.05, 3.63) is 86.3 Å². The number of halogens is 1. The highest BCUT2D eigenvalue weighted by atomic mass is 32.2. The van der Waals surface area contributed by atoms with Crippen LogP contribution in [0.1, 0.15) is 68.9 Å². The van der Waals surface area contributed by atoms with Gasteiger partial charge in [-0.05, 0) is 50.2 Å². The van der Waals surface area contributed by atoms with Crippen molar-refractivity contribution < 1.29 is 36.8 Å². The van der Waals surface area contributed by atoms with Crippen LogP contribution in [0.25, 0.3) is 0 Å². The summed E-state index contributed by atoms with van der Waals surface area (Å²) in [6, 6.07) is 2.61. The molecule has 3 aromatic rings. The summed E-state index contributed by atoms with van der Waals surface area (Å²) in [7, 11) is -3.93. The number of carbonyl (C=O) groups is 3. The number of ether oxygens (including phenoxy) is 1. The second-order valence-electron chi connectivity index (χ2n) is 15.3. The van der Waals surface area contributed by atoms with Crippen LogP contribution in [0.2, 0.25) is 0 Å². The van der Waals surface area contributed by atoms with Crippen LogP contribution in [-0.2, 0) is 47.1 Å². The Hall–Kier alpha value is -5.11. The van der Waals surface area contributed by atoms with E-state index >= 15 is 0 Å². The second-order valence-corrected chi connectivity index (χ2v) is 17.2. The first-order chi connectivity index (χ1) is 27.4. The zero-order valence-electron chi connectivity index (χ0n) is 30.9. The molecule has 5 aliphatic rings. The number of hydrogen-bond acceptors (Lipinski definition) is 14. The van der Waals surface area contributed by atoms with Gasteiger partial charge in [0.25, 0.3) is 16.8 Å². The molecule has 4 N–H and O–H groups in total. The molecule has 0 spiro atoms. The van der Waals surface area contributed by atoms with E-state index in [1.54, 1.807) is 11.1 Å².